The second-order valence-electron chi connectivity index (χ2n) is 9.02. The van der Waals surface area contributed by atoms with Gasteiger partial charge in [0.05, 0.1) is 31.2 Å². The fraction of sp³-hybridized carbons (Fsp3) is 0.440. The maximum atomic E-state index is 12.7. The Labute approximate surface area is 206 Å². The number of aryl methyl sites for hydroxylation is 2. The molecule has 0 saturated carbocycles. The smallest absolute Gasteiger partial charge is 0.313 e. The highest BCUT2D eigenvalue weighted by Gasteiger charge is 2.26. The first-order valence-corrected chi connectivity index (χ1v) is 13.7. The molecule has 2 aromatic rings. The van der Waals surface area contributed by atoms with Crippen LogP contribution in [0.3, 0.4) is 0 Å². The van der Waals surface area contributed by atoms with E-state index in [0.717, 1.165) is 42.6 Å². The Bertz CT molecular complexity index is 1180. The predicted octanol–water partition coefficient (Wildman–Crippen LogP) is 1.84. The van der Waals surface area contributed by atoms with E-state index in [9.17, 15) is 18.0 Å². The van der Waals surface area contributed by atoms with Crippen molar-refractivity contribution in [3.63, 3.8) is 0 Å². The van der Waals surface area contributed by atoms with Gasteiger partial charge in [-0.25, -0.2) is 8.42 Å². The van der Waals surface area contributed by atoms with Crippen molar-refractivity contribution < 1.29 is 22.7 Å². The van der Waals surface area contributed by atoms with Gasteiger partial charge in [-0.05, 0) is 43.0 Å². The molecular formula is C25H32N4O5S. The summed E-state index contributed by atoms with van der Waals surface area (Å²) in [6.07, 6.45) is 2.66. The van der Waals surface area contributed by atoms with Crippen molar-refractivity contribution in [2.75, 3.05) is 55.3 Å². The first-order chi connectivity index (χ1) is 16.7. The van der Waals surface area contributed by atoms with Crippen LogP contribution in [0, 0.1) is 6.92 Å². The third-order valence-corrected chi connectivity index (χ3v) is 7.61. The Hall–Kier alpha value is -2.95. The first kappa shape index (κ1) is 25.2. The Morgan fingerprint density at radius 3 is 2.43 bits per heavy atom. The summed E-state index contributed by atoms with van der Waals surface area (Å²) in [6, 6.07) is 13.2. The van der Waals surface area contributed by atoms with E-state index in [4.69, 9.17) is 4.74 Å². The van der Waals surface area contributed by atoms with Crippen LogP contribution in [-0.2, 0) is 30.8 Å². The van der Waals surface area contributed by atoms with Crippen molar-refractivity contribution in [3.8, 4) is 0 Å². The lowest BCUT2D eigenvalue weighted by Gasteiger charge is -2.35. The molecule has 10 heteroatoms. The van der Waals surface area contributed by atoms with Crippen LogP contribution in [0.25, 0.3) is 0 Å². The standard InChI is InChI=1S/C25H32N4O5S/c1-18-5-7-20(8-6-18)23(28-12-14-34-15-13-28)17-26-24(30)25(31)27-21-10-9-19-4-3-11-29(22(19)16-21)35(2,32)33/h5-10,16,23H,3-4,11-15,17H2,1-2H3,(H,26,30)(H,27,31). The Morgan fingerprint density at radius 2 is 1.74 bits per heavy atom. The van der Waals surface area contributed by atoms with E-state index < -0.39 is 21.8 Å². The summed E-state index contributed by atoms with van der Waals surface area (Å²) in [5.41, 5.74) is 4.04. The fourth-order valence-corrected chi connectivity index (χ4v) is 5.54. The predicted molar refractivity (Wildman–Crippen MR) is 135 cm³/mol. The number of rotatable bonds is 6. The van der Waals surface area contributed by atoms with Gasteiger partial charge < -0.3 is 15.4 Å². The zero-order valence-electron chi connectivity index (χ0n) is 20.1. The summed E-state index contributed by atoms with van der Waals surface area (Å²) in [7, 11) is -3.43. The lowest BCUT2D eigenvalue weighted by molar-refractivity contribution is -0.136. The average Bonchev–Trinajstić information content (AvgIpc) is 2.84. The minimum absolute atomic E-state index is 0.0803. The van der Waals surface area contributed by atoms with Gasteiger partial charge in [0.25, 0.3) is 0 Å². The Morgan fingerprint density at radius 1 is 1.03 bits per heavy atom. The van der Waals surface area contributed by atoms with Gasteiger partial charge in [0.15, 0.2) is 0 Å². The molecular weight excluding hydrogens is 468 g/mol. The number of hydrogen-bond donors (Lipinski definition) is 2. The molecule has 2 aliphatic heterocycles. The number of anilines is 2. The molecule has 2 aromatic carbocycles. The van der Waals surface area contributed by atoms with Gasteiger partial charge in [0, 0.05) is 31.9 Å². The summed E-state index contributed by atoms with van der Waals surface area (Å²) < 4.78 is 31.1. The summed E-state index contributed by atoms with van der Waals surface area (Å²) in [6.45, 7) is 5.43. The summed E-state index contributed by atoms with van der Waals surface area (Å²) in [5.74, 6) is -1.54. The molecule has 0 aliphatic carbocycles. The average molecular weight is 501 g/mol. The van der Waals surface area contributed by atoms with Crippen LogP contribution in [0.1, 0.15) is 29.2 Å². The molecule has 0 radical (unpaired) electrons. The van der Waals surface area contributed by atoms with Gasteiger partial charge in [-0.1, -0.05) is 35.9 Å². The SMILES string of the molecule is Cc1ccc(C(CNC(=O)C(=O)Nc2ccc3c(c2)N(S(C)(=O)=O)CCC3)N2CCOCC2)cc1. The molecule has 0 bridgehead atoms. The maximum absolute atomic E-state index is 12.7. The van der Waals surface area contributed by atoms with Crippen molar-refractivity contribution in [1.82, 2.24) is 10.2 Å². The number of carbonyl (C=O) groups is 2. The zero-order valence-corrected chi connectivity index (χ0v) is 20.9. The van der Waals surface area contributed by atoms with Gasteiger partial charge in [-0.2, -0.15) is 0 Å². The number of nitrogens with zero attached hydrogens (tertiary/aromatic N) is 2. The number of benzene rings is 2. The molecule has 35 heavy (non-hydrogen) atoms. The molecule has 9 nitrogen and oxygen atoms in total. The normalized spacial score (nSPS) is 17.4. The van der Waals surface area contributed by atoms with Crippen LogP contribution in [0.2, 0.25) is 0 Å². The highest BCUT2D eigenvalue weighted by atomic mass is 32.2. The van der Waals surface area contributed by atoms with Crippen molar-refractivity contribution in [2.45, 2.75) is 25.8 Å². The molecule has 1 unspecified atom stereocenters. The molecule has 4 rings (SSSR count). The number of nitrogens with one attached hydrogen (secondary N) is 2. The molecule has 1 atom stereocenters. The van der Waals surface area contributed by atoms with Crippen LogP contribution < -0.4 is 14.9 Å². The lowest BCUT2D eigenvalue weighted by Crippen LogP contribution is -2.45. The molecule has 1 fully saturated rings. The fourth-order valence-electron chi connectivity index (χ4n) is 4.56. The van der Waals surface area contributed by atoms with Crippen molar-refractivity contribution in [3.05, 3.63) is 59.2 Å². The van der Waals surface area contributed by atoms with E-state index in [1.165, 1.54) is 10.6 Å². The zero-order chi connectivity index (χ0) is 25.0. The monoisotopic (exact) mass is 500 g/mol. The number of fused-ring (bicyclic) bond motifs is 1. The first-order valence-electron chi connectivity index (χ1n) is 11.8. The molecule has 1 saturated heterocycles. The molecule has 2 amide bonds. The summed E-state index contributed by atoms with van der Waals surface area (Å²) in [4.78, 5) is 27.5. The van der Waals surface area contributed by atoms with Gasteiger partial charge >= 0.3 is 11.8 Å². The molecule has 0 spiro atoms. The number of amides is 2. The van der Waals surface area contributed by atoms with E-state index in [1.807, 2.05) is 31.2 Å². The van der Waals surface area contributed by atoms with E-state index >= 15 is 0 Å². The number of sulfonamides is 1. The minimum atomic E-state index is -3.43. The van der Waals surface area contributed by atoms with Crippen LogP contribution in [0.4, 0.5) is 11.4 Å². The second kappa shape index (κ2) is 10.8. The van der Waals surface area contributed by atoms with Gasteiger partial charge in [0.2, 0.25) is 10.0 Å². The van der Waals surface area contributed by atoms with Gasteiger partial charge in [0.1, 0.15) is 0 Å². The largest absolute Gasteiger partial charge is 0.379 e. The molecule has 2 heterocycles. The molecule has 2 N–H and O–H groups in total. The maximum Gasteiger partial charge on any atom is 0.313 e. The van der Waals surface area contributed by atoms with Gasteiger partial charge in [-0.3, -0.25) is 18.8 Å². The van der Waals surface area contributed by atoms with Crippen molar-refractivity contribution >= 4 is 33.2 Å². The van der Waals surface area contributed by atoms with Crippen molar-refractivity contribution in [2.24, 2.45) is 0 Å². The van der Waals surface area contributed by atoms with Crippen LogP contribution in [0.15, 0.2) is 42.5 Å². The number of hydrogen-bond acceptors (Lipinski definition) is 6. The quantitative estimate of drug-likeness (QED) is 0.586. The number of morpholine rings is 1. The lowest BCUT2D eigenvalue weighted by atomic mass is 10.0. The van der Waals surface area contributed by atoms with E-state index in [1.54, 1.807) is 18.2 Å². The third kappa shape index (κ3) is 6.19. The third-order valence-electron chi connectivity index (χ3n) is 6.43. The van der Waals surface area contributed by atoms with Crippen molar-refractivity contribution in [1.29, 1.82) is 0 Å². The highest BCUT2D eigenvalue weighted by molar-refractivity contribution is 7.92. The van der Waals surface area contributed by atoms with Crippen LogP contribution in [-0.4, -0.2) is 70.8 Å². The Kier molecular flexibility index (Phi) is 7.73. The summed E-state index contributed by atoms with van der Waals surface area (Å²) >= 11 is 0. The number of carbonyl (C=O) groups excluding carboxylic acids is 2. The van der Waals surface area contributed by atoms with E-state index in [0.29, 0.717) is 31.1 Å². The van der Waals surface area contributed by atoms with Gasteiger partial charge in [-0.15, -0.1) is 0 Å². The minimum Gasteiger partial charge on any atom is -0.379 e. The Balaban J connectivity index is 1.43. The number of ether oxygens (including phenoxy) is 1. The van der Waals surface area contributed by atoms with Crippen LogP contribution >= 0.6 is 0 Å². The van der Waals surface area contributed by atoms with Crippen LogP contribution in [0.5, 0.6) is 0 Å². The van der Waals surface area contributed by atoms with E-state index in [2.05, 4.69) is 15.5 Å². The van der Waals surface area contributed by atoms with E-state index in [-0.39, 0.29) is 12.6 Å². The molecule has 2 aliphatic rings. The topological polar surface area (TPSA) is 108 Å². The summed E-state index contributed by atoms with van der Waals surface area (Å²) in [5, 5.41) is 5.38. The molecule has 188 valence electrons. The molecule has 0 aromatic heterocycles. The highest BCUT2D eigenvalue weighted by Crippen LogP contribution is 2.31. The second-order valence-corrected chi connectivity index (χ2v) is 10.9.